The molecule has 0 saturated heterocycles. The highest BCUT2D eigenvalue weighted by Crippen LogP contribution is 2.29. The van der Waals surface area contributed by atoms with E-state index < -0.39 is 17.5 Å². The van der Waals surface area contributed by atoms with Gasteiger partial charge in [-0.05, 0) is 41.8 Å². The first-order valence-electron chi connectivity index (χ1n) is 7.87. The minimum absolute atomic E-state index is 0.0891. The van der Waals surface area contributed by atoms with Gasteiger partial charge in [0.2, 0.25) is 0 Å². The van der Waals surface area contributed by atoms with E-state index in [1.807, 2.05) is 0 Å². The van der Waals surface area contributed by atoms with Crippen LogP contribution in [0.2, 0.25) is 0 Å². The van der Waals surface area contributed by atoms with Gasteiger partial charge >= 0.3 is 0 Å². The lowest BCUT2D eigenvalue weighted by Crippen LogP contribution is -2.04. The van der Waals surface area contributed by atoms with Crippen molar-refractivity contribution in [1.82, 2.24) is 4.98 Å². The van der Waals surface area contributed by atoms with Crippen molar-refractivity contribution in [1.29, 1.82) is 0 Å². The molecule has 1 heterocycles. The molecule has 142 valence electrons. The third-order valence-electron chi connectivity index (χ3n) is 3.59. The van der Waals surface area contributed by atoms with Crippen molar-refractivity contribution in [2.24, 2.45) is 0 Å². The second kappa shape index (κ2) is 9.12. The van der Waals surface area contributed by atoms with Gasteiger partial charge in [0.15, 0.2) is 0 Å². The molecule has 0 radical (unpaired) electrons. The zero-order valence-electron chi connectivity index (χ0n) is 14.3. The van der Waals surface area contributed by atoms with E-state index in [-0.39, 0.29) is 17.1 Å². The molecule has 0 amide bonds. The summed E-state index contributed by atoms with van der Waals surface area (Å²) in [6.07, 6.45) is 0. The molecule has 3 aromatic rings. The largest absolute Gasteiger partial charge is 0.381 e. The lowest BCUT2D eigenvalue weighted by molar-refractivity contribution is 0.185. The number of anilines is 2. The number of nitrogens with one attached hydrogen (secondary N) is 2. The number of hydrogen-bond donors (Lipinski definition) is 2. The summed E-state index contributed by atoms with van der Waals surface area (Å²) in [5.41, 5.74) is 3.03. The Balaban J connectivity index is 1.68. The molecule has 0 unspecified atom stereocenters. The number of aromatic nitrogens is 1. The predicted molar refractivity (Wildman–Crippen MR) is 102 cm³/mol. The third-order valence-corrected chi connectivity index (χ3v) is 5.08. The van der Waals surface area contributed by atoms with Gasteiger partial charge in [-0.25, -0.2) is 18.2 Å². The van der Waals surface area contributed by atoms with E-state index in [2.05, 4.69) is 15.0 Å². The van der Waals surface area contributed by atoms with Crippen molar-refractivity contribution in [3.63, 3.8) is 0 Å². The summed E-state index contributed by atoms with van der Waals surface area (Å²) in [6, 6.07) is 6.97. The Kier molecular flexibility index (Phi) is 6.59. The summed E-state index contributed by atoms with van der Waals surface area (Å²) in [4.78, 5) is 3.82. The SMILES string of the molecule is COCc1ccc(F)c(CNc2cc(F)c(SNc3cscn3)c(F)c2)c1. The number of nitrogens with zero attached hydrogens (tertiary/aromatic N) is 1. The highest BCUT2D eigenvalue weighted by atomic mass is 32.2. The van der Waals surface area contributed by atoms with Gasteiger partial charge in [-0.1, -0.05) is 6.07 Å². The van der Waals surface area contributed by atoms with E-state index in [0.29, 0.717) is 18.0 Å². The second-order valence-electron chi connectivity index (χ2n) is 5.56. The van der Waals surface area contributed by atoms with Crippen LogP contribution in [0.1, 0.15) is 11.1 Å². The number of hydrogen-bond acceptors (Lipinski definition) is 6. The third kappa shape index (κ3) is 5.15. The van der Waals surface area contributed by atoms with E-state index in [1.54, 1.807) is 30.1 Å². The highest BCUT2D eigenvalue weighted by molar-refractivity contribution is 8.00. The Bertz CT molecular complexity index is 884. The maximum Gasteiger partial charge on any atom is 0.147 e. The molecule has 3 rings (SSSR count). The van der Waals surface area contributed by atoms with Crippen molar-refractivity contribution in [3.05, 3.63) is 69.8 Å². The molecule has 2 N–H and O–H groups in total. The van der Waals surface area contributed by atoms with Crippen molar-refractivity contribution < 1.29 is 17.9 Å². The molecule has 0 fully saturated rings. The van der Waals surface area contributed by atoms with Crippen LogP contribution >= 0.6 is 23.3 Å². The molecule has 4 nitrogen and oxygen atoms in total. The van der Waals surface area contributed by atoms with Crippen molar-refractivity contribution in [2.45, 2.75) is 18.0 Å². The molecule has 2 aromatic carbocycles. The van der Waals surface area contributed by atoms with Crippen LogP contribution in [-0.2, 0) is 17.9 Å². The molecular formula is C18H16F3N3OS2. The zero-order chi connectivity index (χ0) is 19.2. The number of ether oxygens (including phenoxy) is 1. The van der Waals surface area contributed by atoms with E-state index in [4.69, 9.17) is 4.74 Å². The molecule has 0 aliphatic carbocycles. The van der Waals surface area contributed by atoms with Crippen LogP contribution in [0.25, 0.3) is 0 Å². The van der Waals surface area contributed by atoms with Gasteiger partial charge in [-0.15, -0.1) is 11.3 Å². The molecule has 0 aliphatic heterocycles. The van der Waals surface area contributed by atoms with E-state index in [0.717, 1.165) is 17.5 Å². The Hall–Kier alpha value is -2.23. The first-order chi connectivity index (χ1) is 13.1. The fourth-order valence-corrected chi connectivity index (χ4v) is 3.53. The van der Waals surface area contributed by atoms with Crippen LogP contribution in [0.15, 0.2) is 46.1 Å². The fourth-order valence-electron chi connectivity index (χ4n) is 2.34. The van der Waals surface area contributed by atoms with Gasteiger partial charge in [-0.3, -0.25) is 0 Å². The molecule has 9 heteroatoms. The van der Waals surface area contributed by atoms with Crippen molar-refractivity contribution in [2.75, 3.05) is 17.1 Å². The maximum atomic E-state index is 14.3. The Morgan fingerprint density at radius 1 is 1.11 bits per heavy atom. The number of halogens is 3. The zero-order valence-corrected chi connectivity index (χ0v) is 15.9. The number of rotatable bonds is 8. The van der Waals surface area contributed by atoms with Crippen LogP contribution in [0.5, 0.6) is 0 Å². The molecule has 0 bridgehead atoms. The summed E-state index contributed by atoms with van der Waals surface area (Å²) in [5.74, 6) is -1.32. The van der Waals surface area contributed by atoms with Crippen LogP contribution in [0.4, 0.5) is 24.7 Å². The fraction of sp³-hybridized carbons (Fsp3) is 0.167. The van der Waals surface area contributed by atoms with Gasteiger partial charge in [0.25, 0.3) is 0 Å². The molecule has 0 atom stereocenters. The van der Waals surface area contributed by atoms with Gasteiger partial charge in [-0.2, -0.15) is 0 Å². The standard InChI is InChI=1S/C18H16F3N3OS2/c1-25-8-11-2-3-14(19)12(4-11)7-22-13-5-15(20)18(16(21)6-13)27-24-17-9-26-10-23-17/h2-6,9-10,22,24H,7-8H2,1H3. The molecule has 1 aromatic heterocycles. The van der Waals surface area contributed by atoms with E-state index in [9.17, 15) is 13.2 Å². The van der Waals surface area contributed by atoms with Crippen LogP contribution in [0, 0.1) is 17.5 Å². The molecule has 0 saturated carbocycles. The predicted octanol–water partition coefficient (Wildman–Crippen LogP) is 5.44. The van der Waals surface area contributed by atoms with Crippen LogP contribution in [-0.4, -0.2) is 12.1 Å². The lowest BCUT2D eigenvalue weighted by Gasteiger charge is -2.11. The highest BCUT2D eigenvalue weighted by Gasteiger charge is 2.13. The van der Waals surface area contributed by atoms with E-state index in [1.165, 1.54) is 29.5 Å². The normalized spacial score (nSPS) is 10.8. The minimum atomic E-state index is -0.723. The quantitative estimate of drug-likeness (QED) is 0.484. The Morgan fingerprint density at radius 2 is 1.89 bits per heavy atom. The summed E-state index contributed by atoms with van der Waals surface area (Å²) < 4.78 is 50.3. The Labute approximate surface area is 162 Å². The summed E-state index contributed by atoms with van der Waals surface area (Å²) in [5, 5.41) is 4.58. The van der Waals surface area contributed by atoms with Gasteiger partial charge in [0.1, 0.15) is 28.2 Å². The maximum absolute atomic E-state index is 14.3. The van der Waals surface area contributed by atoms with Crippen molar-refractivity contribution in [3.8, 4) is 0 Å². The van der Waals surface area contributed by atoms with Crippen LogP contribution in [0.3, 0.4) is 0 Å². The van der Waals surface area contributed by atoms with Crippen molar-refractivity contribution >= 4 is 34.8 Å². The average Bonchev–Trinajstić information content (AvgIpc) is 3.15. The van der Waals surface area contributed by atoms with Gasteiger partial charge < -0.3 is 14.8 Å². The average molecular weight is 411 g/mol. The second-order valence-corrected chi connectivity index (χ2v) is 7.09. The monoisotopic (exact) mass is 411 g/mol. The number of thiazole rings is 1. The van der Waals surface area contributed by atoms with Gasteiger partial charge in [0, 0.05) is 30.3 Å². The lowest BCUT2D eigenvalue weighted by atomic mass is 10.1. The van der Waals surface area contributed by atoms with E-state index >= 15 is 0 Å². The smallest absolute Gasteiger partial charge is 0.147 e. The minimum Gasteiger partial charge on any atom is -0.381 e. The topological polar surface area (TPSA) is 46.2 Å². The summed E-state index contributed by atoms with van der Waals surface area (Å²) >= 11 is 2.18. The molecule has 0 spiro atoms. The van der Waals surface area contributed by atoms with Crippen LogP contribution < -0.4 is 10.0 Å². The molecule has 27 heavy (non-hydrogen) atoms. The molecular weight excluding hydrogens is 395 g/mol. The van der Waals surface area contributed by atoms with Gasteiger partial charge in [0.05, 0.1) is 12.1 Å². The Morgan fingerprint density at radius 3 is 2.56 bits per heavy atom. The first kappa shape index (κ1) is 19.5. The summed E-state index contributed by atoms with van der Waals surface area (Å²) in [6.45, 7) is 0.445. The number of benzene rings is 2. The number of methoxy groups -OCH3 is 1. The summed E-state index contributed by atoms with van der Waals surface area (Å²) in [7, 11) is 1.55. The first-order valence-corrected chi connectivity index (χ1v) is 9.63. The molecule has 0 aliphatic rings.